The Morgan fingerprint density at radius 1 is 1.22 bits per heavy atom. The lowest BCUT2D eigenvalue weighted by atomic mass is 10.1. The van der Waals surface area contributed by atoms with E-state index in [1.54, 1.807) is 6.20 Å². The first kappa shape index (κ1) is 11.9. The maximum absolute atomic E-state index is 8.71. The molecule has 0 radical (unpaired) electrons. The number of rotatable bonds is 4. The van der Waals surface area contributed by atoms with E-state index in [0.29, 0.717) is 5.56 Å². The van der Waals surface area contributed by atoms with Crippen LogP contribution in [0, 0.1) is 11.3 Å². The van der Waals surface area contributed by atoms with Crippen LogP contribution < -0.4 is 10.6 Å². The van der Waals surface area contributed by atoms with Crippen molar-refractivity contribution in [2.75, 3.05) is 17.7 Å². The lowest BCUT2D eigenvalue weighted by Gasteiger charge is -2.07. The van der Waals surface area contributed by atoms with Crippen LogP contribution >= 0.6 is 0 Å². The van der Waals surface area contributed by atoms with Gasteiger partial charge in [0.2, 0.25) is 0 Å². The molecule has 0 spiro atoms. The van der Waals surface area contributed by atoms with E-state index in [4.69, 9.17) is 5.26 Å². The summed E-state index contributed by atoms with van der Waals surface area (Å²) in [7, 11) is 1.84. The fourth-order valence-electron chi connectivity index (χ4n) is 1.58. The maximum Gasteiger partial charge on any atom is 0.127 e. The third kappa shape index (κ3) is 2.98. The number of aromatic nitrogens is 1. The van der Waals surface area contributed by atoms with Crippen LogP contribution in [0.1, 0.15) is 11.1 Å². The van der Waals surface area contributed by atoms with Crippen LogP contribution in [0.15, 0.2) is 42.6 Å². The van der Waals surface area contributed by atoms with E-state index in [2.05, 4.69) is 21.7 Å². The van der Waals surface area contributed by atoms with Crippen molar-refractivity contribution >= 4 is 11.5 Å². The highest BCUT2D eigenvalue weighted by molar-refractivity contribution is 5.51. The van der Waals surface area contributed by atoms with Crippen molar-refractivity contribution in [2.45, 2.75) is 6.54 Å². The van der Waals surface area contributed by atoms with Gasteiger partial charge in [-0.15, -0.1) is 0 Å². The van der Waals surface area contributed by atoms with Crippen molar-refractivity contribution in [1.29, 1.82) is 5.26 Å². The Balaban J connectivity index is 2.00. The van der Waals surface area contributed by atoms with E-state index in [0.717, 1.165) is 23.6 Å². The molecule has 4 nitrogen and oxygen atoms in total. The van der Waals surface area contributed by atoms with Gasteiger partial charge in [0.25, 0.3) is 0 Å². The molecule has 0 bridgehead atoms. The largest absolute Gasteiger partial charge is 0.381 e. The van der Waals surface area contributed by atoms with Crippen LogP contribution in [0.25, 0.3) is 0 Å². The standard InChI is InChI=1S/C14H14N4/c1-16-14-8-13(6-7-17-14)18-10-12-4-2-11(9-15)3-5-12/h2-8H,10H2,1H3,(H2,16,17,18). The lowest BCUT2D eigenvalue weighted by molar-refractivity contribution is 1.14. The second kappa shape index (κ2) is 5.69. The predicted molar refractivity (Wildman–Crippen MR) is 72.3 cm³/mol. The highest BCUT2D eigenvalue weighted by Gasteiger charge is 1.97. The molecule has 0 aliphatic rings. The van der Waals surface area contributed by atoms with Crippen molar-refractivity contribution in [1.82, 2.24) is 4.98 Å². The van der Waals surface area contributed by atoms with Crippen molar-refractivity contribution in [3.8, 4) is 6.07 Å². The number of hydrogen-bond donors (Lipinski definition) is 2. The van der Waals surface area contributed by atoms with Crippen LogP contribution in [-0.2, 0) is 6.54 Å². The molecule has 2 N–H and O–H groups in total. The fourth-order valence-corrected chi connectivity index (χ4v) is 1.58. The third-order valence-corrected chi connectivity index (χ3v) is 2.60. The van der Waals surface area contributed by atoms with E-state index in [1.165, 1.54) is 0 Å². The quantitative estimate of drug-likeness (QED) is 0.859. The summed E-state index contributed by atoms with van der Waals surface area (Å²) in [5.74, 6) is 0.833. The molecule has 0 saturated carbocycles. The molecule has 0 amide bonds. The summed E-state index contributed by atoms with van der Waals surface area (Å²) in [5, 5.41) is 15.0. The average Bonchev–Trinajstić information content (AvgIpc) is 2.46. The topological polar surface area (TPSA) is 60.7 Å². The Kier molecular flexibility index (Phi) is 3.77. The van der Waals surface area contributed by atoms with Crippen LogP contribution in [0.2, 0.25) is 0 Å². The van der Waals surface area contributed by atoms with Gasteiger partial charge in [-0.3, -0.25) is 0 Å². The number of nitrogens with one attached hydrogen (secondary N) is 2. The Hall–Kier alpha value is -2.54. The number of nitrogens with zero attached hydrogens (tertiary/aromatic N) is 2. The molecule has 4 heteroatoms. The lowest BCUT2D eigenvalue weighted by Crippen LogP contribution is -2.00. The number of benzene rings is 1. The van der Waals surface area contributed by atoms with Gasteiger partial charge in [-0.1, -0.05) is 12.1 Å². The minimum absolute atomic E-state index is 0.681. The van der Waals surface area contributed by atoms with Gasteiger partial charge in [0.05, 0.1) is 11.6 Å². The Labute approximate surface area is 106 Å². The van der Waals surface area contributed by atoms with Crippen LogP contribution in [0.5, 0.6) is 0 Å². The molecule has 0 atom stereocenters. The summed E-state index contributed by atoms with van der Waals surface area (Å²) in [4.78, 5) is 4.15. The molecule has 0 unspecified atom stereocenters. The van der Waals surface area contributed by atoms with Gasteiger partial charge < -0.3 is 10.6 Å². The Morgan fingerprint density at radius 2 is 2.00 bits per heavy atom. The summed E-state index contributed by atoms with van der Waals surface area (Å²) in [6, 6.07) is 13.5. The zero-order chi connectivity index (χ0) is 12.8. The van der Waals surface area contributed by atoms with Crippen LogP contribution in [-0.4, -0.2) is 12.0 Å². The van der Waals surface area contributed by atoms with Gasteiger partial charge in [-0.05, 0) is 23.8 Å². The molecule has 18 heavy (non-hydrogen) atoms. The molecule has 0 aliphatic carbocycles. The molecule has 2 aromatic rings. The van der Waals surface area contributed by atoms with Crippen LogP contribution in [0.3, 0.4) is 0 Å². The highest BCUT2D eigenvalue weighted by Crippen LogP contribution is 2.13. The minimum Gasteiger partial charge on any atom is -0.381 e. The predicted octanol–water partition coefficient (Wildman–Crippen LogP) is 2.61. The van der Waals surface area contributed by atoms with Crippen molar-refractivity contribution in [3.05, 3.63) is 53.7 Å². The van der Waals surface area contributed by atoms with Gasteiger partial charge >= 0.3 is 0 Å². The maximum atomic E-state index is 8.71. The smallest absolute Gasteiger partial charge is 0.127 e. The van der Waals surface area contributed by atoms with Gasteiger partial charge in [-0.25, -0.2) is 4.98 Å². The number of anilines is 2. The highest BCUT2D eigenvalue weighted by atomic mass is 15.0. The fraction of sp³-hybridized carbons (Fsp3) is 0.143. The zero-order valence-corrected chi connectivity index (χ0v) is 10.1. The first-order valence-corrected chi connectivity index (χ1v) is 5.68. The van der Waals surface area contributed by atoms with Gasteiger partial charge in [-0.2, -0.15) is 5.26 Å². The number of nitriles is 1. The second-order valence-corrected chi connectivity index (χ2v) is 3.84. The van der Waals surface area contributed by atoms with Gasteiger partial charge in [0, 0.05) is 31.5 Å². The molecule has 1 heterocycles. The zero-order valence-electron chi connectivity index (χ0n) is 10.1. The summed E-state index contributed by atoms with van der Waals surface area (Å²) < 4.78 is 0. The van der Waals surface area contributed by atoms with E-state index in [1.807, 2.05) is 43.4 Å². The Bertz CT molecular complexity index is 555. The van der Waals surface area contributed by atoms with Crippen molar-refractivity contribution < 1.29 is 0 Å². The SMILES string of the molecule is CNc1cc(NCc2ccc(C#N)cc2)ccn1. The van der Waals surface area contributed by atoms with Crippen molar-refractivity contribution in [3.63, 3.8) is 0 Å². The number of pyridine rings is 1. The monoisotopic (exact) mass is 238 g/mol. The molecule has 0 saturated heterocycles. The van der Waals surface area contributed by atoms with Gasteiger partial charge in [0.15, 0.2) is 0 Å². The van der Waals surface area contributed by atoms with E-state index < -0.39 is 0 Å². The Morgan fingerprint density at radius 3 is 2.67 bits per heavy atom. The minimum atomic E-state index is 0.681. The summed E-state index contributed by atoms with van der Waals surface area (Å²) >= 11 is 0. The summed E-state index contributed by atoms with van der Waals surface area (Å²) in [6.07, 6.45) is 1.76. The molecular formula is C14H14N4. The average molecular weight is 238 g/mol. The second-order valence-electron chi connectivity index (χ2n) is 3.84. The normalized spacial score (nSPS) is 9.56. The third-order valence-electron chi connectivity index (χ3n) is 2.60. The first-order valence-electron chi connectivity index (χ1n) is 5.68. The van der Waals surface area contributed by atoms with E-state index in [9.17, 15) is 0 Å². The molecule has 0 fully saturated rings. The van der Waals surface area contributed by atoms with E-state index in [-0.39, 0.29) is 0 Å². The molecular weight excluding hydrogens is 224 g/mol. The number of hydrogen-bond acceptors (Lipinski definition) is 4. The molecule has 1 aromatic heterocycles. The summed E-state index contributed by atoms with van der Waals surface area (Å²) in [5.41, 5.74) is 2.83. The summed E-state index contributed by atoms with van der Waals surface area (Å²) in [6.45, 7) is 0.721. The molecule has 90 valence electrons. The van der Waals surface area contributed by atoms with E-state index >= 15 is 0 Å². The molecule has 1 aromatic carbocycles. The van der Waals surface area contributed by atoms with Crippen molar-refractivity contribution in [2.24, 2.45) is 0 Å². The molecule has 2 rings (SSSR count). The van der Waals surface area contributed by atoms with Gasteiger partial charge in [0.1, 0.15) is 5.82 Å². The first-order chi connectivity index (χ1) is 8.81. The molecule has 0 aliphatic heterocycles. The van der Waals surface area contributed by atoms with Crippen LogP contribution in [0.4, 0.5) is 11.5 Å².